The lowest BCUT2D eigenvalue weighted by Crippen LogP contribution is -2.17. The summed E-state index contributed by atoms with van der Waals surface area (Å²) >= 11 is 0. The highest BCUT2D eigenvalue weighted by atomic mass is 16.3. The van der Waals surface area contributed by atoms with Gasteiger partial charge in [-0.2, -0.15) is 0 Å². The van der Waals surface area contributed by atoms with Crippen molar-refractivity contribution < 1.29 is 5.11 Å². The van der Waals surface area contributed by atoms with E-state index in [4.69, 9.17) is 5.11 Å². The number of hydrogen-bond acceptors (Lipinski definition) is 5. The number of pyridine rings is 1. The summed E-state index contributed by atoms with van der Waals surface area (Å²) in [4.78, 5) is 4.07. The van der Waals surface area contributed by atoms with Gasteiger partial charge in [-0.15, -0.1) is 5.10 Å². The number of aliphatic hydroxyl groups is 1. The minimum absolute atomic E-state index is 0.0806. The normalized spacial score (nSPS) is 10.7. The largest absolute Gasteiger partial charge is 0.394 e. The van der Waals surface area contributed by atoms with E-state index in [1.807, 2.05) is 18.5 Å². The Labute approximate surface area is 106 Å². The molecule has 0 fully saturated rings. The van der Waals surface area contributed by atoms with Crippen LogP contribution >= 0.6 is 0 Å². The van der Waals surface area contributed by atoms with Gasteiger partial charge in [-0.25, -0.2) is 4.68 Å². The summed E-state index contributed by atoms with van der Waals surface area (Å²) in [6.07, 6.45) is 6.43. The van der Waals surface area contributed by atoms with Crippen molar-refractivity contribution in [2.45, 2.75) is 19.5 Å². The molecule has 0 aliphatic carbocycles. The molecular formula is C12H17N5O. The molecule has 0 aliphatic rings. The van der Waals surface area contributed by atoms with Gasteiger partial charge in [-0.3, -0.25) is 4.98 Å². The zero-order valence-corrected chi connectivity index (χ0v) is 10.2. The van der Waals surface area contributed by atoms with Crippen molar-refractivity contribution in [1.82, 2.24) is 25.3 Å². The Balaban J connectivity index is 1.68. The summed E-state index contributed by atoms with van der Waals surface area (Å²) in [5.74, 6) is 0. The van der Waals surface area contributed by atoms with E-state index < -0.39 is 0 Å². The lowest BCUT2D eigenvalue weighted by Gasteiger charge is -2.02. The third-order valence-corrected chi connectivity index (χ3v) is 2.53. The molecule has 0 amide bonds. The second kappa shape index (κ2) is 6.83. The Morgan fingerprint density at radius 2 is 2.33 bits per heavy atom. The highest BCUT2D eigenvalue weighted by Crippen LogP contribution is 1.96. The van der Waals surface area contributed by atoms with Crippen LogP contribution < -0.4 is 5.32 Å². The molecule has 2 rings (SSSR count). The summed E-state index contributed by atoms with van der Waals surface area (Å²) in [5, 5.41) is 20.0. The summed E-state index contributed by atoms with van der Waals surface area (Å²) in [6.45, 7) is 2.13. The first kappa shape index (κ1) is 12.7. The fraction of sp³-hybridized carbons (Fsp3) is 0.417. The standard InChI is InChI=1S/C12H17N5O/c18-7-6-17-10-12(15-16-17)9-14-5-3-11-2-1-4-13-8-11/h1-2,4,8,10,14,18H,3,5-7,9H2. The zero-order chi connectivity index (χ0) is 12.6. The molecule has 0 atom stereocenters. The van der Waals surface area contributed by atoms with Gasteiger partial charge in [-0.05, 0) is 24.6 Å². The molecule has 96 valence electrons. The molecule has 0 spiro atoms. The van der Waals surface area contributed by atoms with E-state index >= 15 is 0 Å². The van der Waals surface area contributed by atoms with Crippen LogP contribution in [-0.2, 0) is 19.5 Å². The van der Waals surface area contributed by atoms with Crippen molar-refractivity contribution in [2.24, 2.45) is 0 Å². The van der Waals surface area contributed by atoms with Crippen molar-refractivity contribution in [3.63, 3.8) is 0 Å². The SMILES string of the molecule is OCCn1cc(CNCCc2cccnc2)nn1. The molecular weight excluding hydrogens is 230 g/mol. The molecule has 0 saturated carbocycles. The monoisotopic (exact) mass is 247 g/mol. The van der Waals surface area contributed by atoms with E-state index in [0.717, 1.165) is 18.7 Å². The molecule has 2 aromatic rings. The van der Waals surface area contributed by atoms with Crippen LogP contribution in [0.2, 0.25) is 0 Å². The van der Waals surface area contributed by atoms with E-state index in [1.54, 1.807) is 10.9 Å². The van der Waals surface area contributed by atoms with Gasteiger partial charge in [0.25, 0.3) is 0 Å². The van der Waals surface area contributed by atoms with Crippen LogP contribution in [0.5, 0.6) is 0 Å². The Morgan fingerprint density at radius 3 is 3.11 bits per heavy atom. The fourth-order valence-corrected chi connectivity index (χ4v) is 1.63. The Hall–Kier alpha value is -1.79. The average molecular weight is 247 g/mol. The minimum Gasteiger partial charge on any atom is -0.394 e. The predicted octanol–water partition coefficient (Wildman–Crippen LogP) is -0.00230. The fourth-order valence-electron chi connectivity index (χ4n) is 1.63. The van der Waals surface area contributed by atoms with Gasteiger partial charge >= 0.3 is 0 Å². The molecule has 2 aromatic heterocycles. The molecule has 0 bridgehead atoms. The van der Waals surface area contributed by atoms with Gasteiger partial charge in [-0.1, -0.05) is 11.3 Å². The van der Waals surface area contributed by atoms with Gasteiger partial charge in [0.1, 0.15) is 0 Å². The Morgan fingerprint density at radius 1 is 1.39 bits per heavy atom. The number of aliphatic hydroxyl groups excluding tert-OH is 1. The van der Waals surface area contributed by atoms with Crippen molar-refractivity contribution in [1.29, 1.82) is 0 Å². The smallest absolute Gasteiger partial charge is 0.0964 e. The predicted molar refractivity (Wildman–Crippen MR) is 66.8 cm³/mol. The van der Waals surface area contributed by atoms with E-state index in [1.165, 1.54) is 5.56 Å². The molecule has 2 N–H and O–H groups in total. The highest BCUT2D eigenvalue weighted by Gasteiger charge is 1.99. The van der Waals surface area contributed by atoms with Crippen LogP contribution in [0.15, 0.2) is 30.7 Å². The summed E-state index contributed by atoms with van der Waals surface area (Å²) in [6, 6.07) is 4.00. The highest BCUT2D eigenvalue weighted by molar-refractivity contribution is 5.08. The topological polar surface area (TPSA) is 75.9 Å². The van der Waals surface area contributed by atoms with Crippen LogP contribution in [0.1, 0.15) is 11.3 Å². The van der Waals surface area contributed by atoms with E-state index in [9.17, 15) is 0 Å². The number of nitrogens with one attached hydrogen (secondary N) is 1. The average Bonchev–Trinajstić information content (AvgIpc) is 2.84. The van der Waals surface area contributed by atoms with Crippen molar-refractivity contribution in [3.05, 3.63) is 42.0 Å². The maximum atomic E-state index is 8.76. The summed E-state index contributed by atoms with van der Waals surface area (Å²) in [7, 11) is 0. The lowest BCUT2D eigenvalue weighted by atomic mass is 10.2. The van der Waals surface area contributed by atoms with E-state index in [0.29, 0.717) is 13.1 Å². The van der Waals surface area contributed by atoms with Gasteiger partial charge in [0.05, 0.1) is 18.8 Å². The van der Waals surface area contributed by atoms with Gasteiger partial charge < -0.3 is 10.4 Å². The maximum absolute atomic E-state index is 8.76. The summed E-state index contributed by atoms with van der Waals surface area (Å²) < 4.78 is 1.64. The van der Waals surface area contributed by atoms with Crippen molar-refractivity contribution in [3.8, 4) is 0 Å². The second-order valence-corrected chi connectivity index (χ2v) is 3.98. The number of rotatable bonds is 7. The lowest BCUT2D eigenvalue weighted by molar-refractivity contribution is 0.268. The van der Waals surface area contributed by atoms with E-state index in [-0.39, 0.29) is 6.61 Å². The molecule has 0 unspecified atom stereocenters. The van der Waals surface area contributed by atoms with Crippen LogP contribution in [-0.4, -0.2) is 38.2 Å². The first-order valence-corrected chi connectivity index (χ1v) is 5.98. The number of aromatic nitrogens is 4. The first-order valence-electron chi connectivity index (χ1n) is 5.98. The van der Waals surface area contributed by atoms with Crippen LogP contribution in [0.4, 0.5) is 0 Å². The molecule has 0 aliphatic heterocycles. The quantitative estimate of drug-likeness (QED) is 0.673. The molecule has 2 heterocycles. The number of hydrogen-bond donors (Lipinski definition) is 2. The van der Waals surface area contributed by atoms with Crippen LogP contribution in [0, 0.1) is 0 Å². The molecule has 6 heteroatoms. The zero-order valence-electron chi connectivity index (χ0n) is 10.2. The van der Waals surface area contributed by atoms with Crippen LogP contribution in [0.25, 0.3) is 0 Å². The van der Waals surface area contributed by atoms with Gasteiger partial charge in [0, 0.05) is 25.1 Å². The molecule has 18 heavy (non-hydrogen) atoms. The molecule has 0 radical (unpaired) electrons. The minimum atomic E-state index is 0.0806. The summed E-state index contributed by atoms with van der Waals surface area (Å²) in [5.41, 5.74) is 2.10. The van der Waals surface area contributed by atoms with Gasteiger partial charge in [0.2, 0.25) is 0 Å². The molecule has 0 saturated heterocycles. The third kappa shape index (κ3) is 3.90. The first-order chi connectivity index (χ1) is 8.88. The second-order valence-electron chi connectivity index (χ2n) is 3.98. The van der Waals surface area contributed by atoms with Crippen LogP contribution in [0.3, 0.4) is 0 Å². The Bertz CT molecular complexity index is 457. The molecule has 0 aromatic carbocycles. The van der Waals surface area contributed by atoms with E-state index in [2.05, 4.69) is 26.7 Å². The van der Waals surface area contributed by atoms with Gasteiger partial charge in [0.15, 0.2) is 0 Å². The maximum Gasteiger partial charge on any atom is 0.0964 e. The molecule has 6 nitrogen and oxygen atoms in total. The van der Waals surface area contributed by atoms with Crippen molar-refractivity contribution in [2.75, 3.05) is 13.2 Å². The third-order valence-electron chi connectivity index (χ3n) is 2.53. The van der Waals surface area contributed by atoms with Crippen molar-refractivity contribution >= 4 is 0 Å². The number of nitrogens with zero attached hydrogens (tertiary/aromatic N) is 4. The Kier molecular flexibility index (Phi) is 4.80.